The molecule has 0 fully saturated rings. The largest absolute Gasteiger partial charge is 0.352 e. The molecular formula is C19H30FNO. The number of unbranched alkanes of at least 4 members (excludes halogenated alkanes) is 9. The summed E-state index contributed by atoms with van der Waals surface area (Å²) in [6.07, 6.45) is 12.8. The molecular weight excluding hydrogens is 277 g/mol. The fraction of sp³-hybridized carbons (Fsp3) is 0.632. The van der Waals surface area contributed by atoms with Crippen molar-refractivity contribution in [3.05, 3.63) is 35.6 Å². The molecule has 0 heterocycles. The van der Waals surface area contributed by atoms with Gasteiger partial charge in [-0.3, -0.25) is 4.79 Å². The van der Waals surface area contributed by atoms with Crippen molar-refractivity contribution in [1.82, 2.24) is 5.32 Å². The second-order valence-corrected chi connectivity index (χ2v) is 5.95. The molecule has 0 unspecified atom stereocenters. The number of amides is 1. The molecule has 2 nitrogen and oxygen atoms in total. The number of hydrogen-bond donors (Lipinski definition) is 1. The Balaban J connectivity index is 1.94. The van der Waals surface area contributed by atoms with Crippen molar-refractivity contribution in [2.45, 2.75) is 71.1 Å². The molecule has 1 aromatic carbocycles. The van der Waals surface area contributed by atoms with Crippen molar-refractivity contribution in [3.63, 3.8) is 0 Å². The standard InChI is InChI=1S/C19H30FNO/c1-2-3-4-5-6-7-8-9-10-11-15-21-19(22)17-13-12-14-18(20)16-17/h12-14,16H,2-11,15H2,1H3,(H,21,22). The summed E-state index contributed by atoms with van der Waals surface area (Å²) in [5.41, 5.74) is 0.395. The molecule has 1 amide bonds. The van der Waals surface area contributed by atoms with Crippen LogP contribution >= 0.6 is 0 Å². The third kappa shape index (κ3) is 8.81. The first-order chi connectivity index (χ1) is 10.7. The smallest absolute Gasteiger partial charge is 0.251 e. The van der Waals surface area contributed by atoms with Crippen molar-refractivity contribution in [3.8, 4) is 0 Å². The number of hydrogen-bond acceptors (Lipinski definition) is 1. The number of benzene rings is 1. The molecule has 0 spiro atoms. The third-order valence-corrected chi connectivity index (χ3v) is 3.90. The molecule has 0 aliphatic rings. The third-order valence-electron chi connectivity index (χ3n) is 3.90. The molecule has 0 aliphatic heterocycles. The van der Waals surface area contributed by atoms with E-state index in [0.29, 0.717) is 12.1 Å². The first-order valence-corrected chi connectivity index (χ1v) is 8.78. The molecule has 1 N–H and O–H groups in total. The molecule has 0 radical (unpaired) electrons. The lowest BCUT2D eigenvalue weighted by Gasteiger charge is -2.05. The zero-order valence-corrected chi connectivity index (χ0v) is 13.9. The second-order valence-electron chi connectivity index (χ2n) is 5.95. The predicted molar refractivity (Wildman–Crippen MR) is 90.6 cm³/mol. The molecule has 0 aromatic heterocycles. The maximum atomic E-state index is 13.0. The van der Waals surface area contributed by atoms with Crippen LogP contribution in [0.2, 0.25) is 0 Å². The van der Waals surface area contributed by atoms with Gasteiger partial charge < -0.3 is 5.32 Å². The Labute approximate surface area is 134 Å². The summed E-state index contributed by atoms with van der Waals surface area (Å²) in [7, 11) is 0. The molecule has 22 heavy (non-hydrogen) atoms. The van der Waals surface area contributed by atoms with Crippen molar-refractivity contribution in [1.29, 1.82) is 0 Å². The predicted octanol–water partition coefficient (Wildman–Crippen LogP) is 5.48. The van der Waals surface area contributed by atoms with Crippen LogP contribution in [-0.2, 0) is 0 Å². The number of rotatable bonds is 12. The van der Waals surface area contributed by atoms with Gasteiger partial charge >= 0.3 is 0 Å². The van der Waals surface area contributed by atoms with E-state index in [1.165, 1.54) is 63.5 Å². The number of carbonyl (C=O) groups excluding carboxylic acids is 1. The lowest BCUT2D eigenvalue weighted by atomic mass is 10.1. The monoisotopic (exact) mass is 307 g/mol. The Morgan fingerprint density at radius 2 is 1.55 bits per heavy atom. The molecule has 0 atom stereocenters. The molecule has 0 saturated carbocycles. The maximum Gasteiger partial charge on any atom is 0.251 e. The summed E-state index contributed by atoms with van der Waals surface area (Å²) >= 11 is 0. The zero-order valence-electron chi connectivity index (χ0n) is 13.9. The Bertz CT molecular complexity index is 420. The van der Waals surface area contributed by atoms with Crippen LogP contribution in [0.5, 0.6) is 0 Å². The second kappa shape index (κ2) is 12.2. The van der Waals surface area contributed by atoms with Crippen LogP contribution in [0.3, 0.4) is 0 Å². The van der Waals surface area contributed by atoms with Gasteiger partial charge in [0.05, 0.1) is 0 Å². The minimum Gasteiger partial charge on any atom is -0.352 e. The highest BCUT2D eigenvalue weighted by molar-refractivity contribution is 5.94. The van der Waals surface area contributed by atoms with E-state index in [-0.39, 0.29) is 11.7 Å². The van der Waals surface area contributed by atoms with Crippen LogP contribution in [0.15, 0.2) is 24.3 Å². The van der Waals surface area contributed by atoms with Gasteiger partial charge in [-0.2, -0.15) is 0 Å². The summed E-state index contributed by atoms with van der Waals surface area (Å²) in [6, 6.07) is 5.81. The lowest BCUT2D eigenvalue weighted by molar-refractivity contribution is 0.0952. The van der Waals surface area contributed by atoms with Gasteiger partial charge in [0.25, 0.3) is 5.91 Å². The first kappa shape index (κ1) is 18.7. The van der Waals surface area contributed by atoms with Crippen LogP contribution in [0.4, 0.5) is 4.39 Å². The van der Waals surface area contributed by atoms with Crippen molar-refractivity contribution in [2.75, 3.05) is 6.54 Å². The van der Waals surface area contributed by atoms with E-state index in [1.54, 1.807) is 12.1 Å². The fourth-order valence-corrected chi connectivity index (χ4v) is 2.55. The first-order valence-electron chi connectivity index (χ1n) is 8.78. The Morgan fingerprint density at radius 1 is 0.955 bits per heavy atom. The van der Waals surface area contributed by atoms with E-state index in [0.717, 1.165) is 12.8 Å². The van der Waals surface area contributed by atoms with E-state index in [4.69, 9.17) is 0 Å². The molecule has 0 aliphatic carbocycles. The van der Waals surface area contributed by atoms with Gasteiger partial charge in [-0.25, -0.2) is 4.39 Å². The summed E-state index contributed by atoms with van der Waals surface area (Å²) in [5, 5.41) is 2.85. The minimum absolute atomic E-state index is 0.185. The van der Waals surface area contributed by atoms with Gasteiger partial charge in [0.15, 0.2) is 0 Å². The van der Waals surface area contributed by atoms with E-state index >= 15 is 0 Å². The SMILES string of the molecule is CCCCCCCCCCCCNC(=O)c1cccc(F)c1. The molecule has 0 saturated heterocycles. The maximum absolute atomic E-state index is 13.0. The molecule has 124 valence electrons. The fourth-order valence-electron chi connectivity index (χ4n) is 2.55. The number of halogens is 1. The van der Waals surface area contributed by atoms with Crippen LogP contribution in [0.1, 0.15) is 81.5 Å². The Hall–Kier alpha value is -1.38. The van der Waals surface area contributed by atoms with Crippen molar-refractivity contribution in [2.24, 2.45) is 0 Å². The van der Waals surface area contributed by atoms with Gasteiger partial charge in [0.2, 0.25) is 0 Å². The van der Waals surface area contributed by atoms with Gasteiger partial charge in [0.1, 0.15) is 5.82 Å². The Kier molecular flexibility index (Phi) is 10.3. The van der Waals surface area contributed by atoms with E-state index in [1.807, 2.05) is 0 Å². The van der Waals surface area contributed by atoms with Crippen LogP contribution in [0, 0.1) is 5.82 Å². The molecule has 3 heteroatoms. The topological polar surface area (TPSA) is 29.1 Å². The van der Waals surface area contributed by atoms with E-state index in [9.17, 15) is 9.18 Å². The molecule has 1 rings (SSSR count). The molecule has 0 bridgehead atoms. The summed E-state index contributed by atoms with van der Waals surface area (Å²) in [4.78, 5) is 11.8. The number of carbonyl (C=O) groups is 1. The van der Waals surface area contributed by atoms with Crippen molar-refractivity contribution >= 4 is 5.91 Å². The normalized spacial score (nSPS) is 10.6. The molecule has 1 aromatic rings. The van der Waals surface area contributed by atoms with Crippen LogP contribution < -0.4 is 5.32 Å². The summed E-state index contributed by atoms with van der Waals surface area (Å²) < 4.78 is 13.0. The van der Waals surface area contributed by atoms with Gasteiger partial charge in [-0.05, 0) is 24.6 Å². The number of nitrogens with one attached hydrogen (secondary N) is 1. The quantitative estimate of drug-likeness (QED) is 0.509. The van der Waals surface area contributed by atoms with Gasteiger partial charge in [-0.15, -0.1) is 0 Å². The van der Waals surface area contributed by atoms with Crippen molar-refractivity contribution < 1.29 is 9.18 Å². The average Bonchev–Trinajstić information content (AvgIpc) is 2.52. The Morgan fingerprint density at radius 3 is 2.14 bits per heavy atom. The average molecular weight is 307 g/mol. The lowest BCUT2D eigenvalue weighted by Crippen LogP contribution is -2.24. The highest BCUT2D eigenvalue weighted by Gasteiger charge is 2.04. The highest BCUT2D eigenvalue weighted by Crippen LogP contribution is 2.10. The van der Waals surface area contributed by atoms with E-state index in [2.05, 4.69) is 12.2 Å². The van der Waals surface area contributed by atoms with E-state index < -0.39 is 0 Å². The summed E-state index contributed by atoms with van der Waals surface area (Å²) in [6.45, 7) is 2.92. The zero-order chi connectivity index (χ0) is 16.0. The van der Waals surface area contributed by atoms with Gasteiger partial charge in [0, 0.05) is 12.1 Å². The van der Waals surface area contributed by atoms with Gasteiger partial charge in [-0.1, -0.05) is 70.8 Å². The minimum atomic E-state index is -0.369. The van der Waals surface area contributed by atoms with Crippen LogP contribution in [0.25, 0.3) is 0 Å². The highest BCUT2D eigenvalue weighted by atomic mass is 19.1. The summed E-state index contributed by atoms with van der Waals surface area (Å²) in [5.74, 6) is -0.554. The van der Waals surface area contributed by atoms with Crippen LogP contribution in [-0.4, -0.2) is 12.5 Å².